The molecule has 11 heteroatoms. The summed E-state index contributed by atoms with van der Waals surface area (Å²) in [5.41, 5.74) is 8.03. The molecule has 0 saturated heterocycles. The normalized spacial score (nSPS) is 11.6. The van der Waals surface area contributed by atoms with Crippen LogP contribution in [-0.4, -0.2) is 30.6 Å². The number of hydrazone groups is 1. The van der Waals surface area contributed by atoms with E-state index in [9.17, 15) is 10.1 Å². The molecule has 0 aliphatic carbocycles. The molecule has 2 aromatic heterocycles. The zero-order valence-corrected chi connectivity index (χ0v) is 19.9. The van der Waals surface area contributed by atoms with E-state index in [1.807, 2.05) is 58.6 Å². The average Bonchev–Trinajstić information content (AvgIpc) is 3.50. The summed E-state index contributed by atoms with van der Waals surface area (Å²) < 4.78 is 2.78. The predicted octanol–water partition coefficient (Wildman–Crippen LogP) is 5.74. The molecule has 34 heavy (non-hydrogen) atoms. The number of nitro benzene ring substituents is 1. The van der Waals surface area contributed by atoms with Crippen molar-refractivity contribution in [1.82, 2.24) is 20.0 Å². The number of fused-ring (bicyclic) bond motifs is 1. The lowest BCUT2D eigenvalue weighted by atomic mass is 10.1. The zero-order valence-electron chi connectivity index (χ0n) is 17.5. The van der Waals surface area contributed by atoms with Gasteiger partial charge in [0.2, 0.25) is 5.13 Å². The highest BCUT2D eigenvalue weighted by atomic mass is 79.9. The second kappa shape index (κ2) is 9.49. The summed E-state index contributed by atoms with van der Waals surface area (Å²) in [5.74, 6) is 0. The first-order valence-electron chi connectivity index (χ1n) is 10.1. The van der Waals surface area contributed by atoms with Gasteiger partial charge >= 0.3 is 0 Å². The summed E-state index contributed by atoms with van der Waals surface area (Å²) in [5, 5.41) is 26.5. The van der Waals surface area contributed by atoms with Gasteiger partial charge in [0.05, 0.1) is 28.4 Å². The standard InChI is InChI=1S/C23H16BrN7O2S/c24-17-9-5-15(6-10-17)20(13-30-22-4-2-1-3-19(22)27-29-30)26-28-23-25-21(14-34-23)16-7-11-18(12-8-16)31(32)33/h1-12,14H,13H2,(H,25,28)/b26-20-. The van der Waals surface area contributed by atoms with Crippen molar-refractivity contribution in [3.8, 4) is 11.3 Å². The van der Waals surface area contributed by atoms with Gasteiger partial charge in [-0.3, -0.25) is 15.5 Å². The van der Waals surface area contributed by atoms with Gasteiger partial charge < -0.3 is 0 Å². The average molecular weight is 534 g/mol. The molecule has 5 rings (SSSR count). The number of nitro groups is 1. The molecule has 0 aliphatic heterocycles. The third kappa shape index (κ3) is 4.70. The van der Waals surface area contributed by atoms with Gasteiger partial charge in [0.25, 0.3) is 5.69 Å². The molecule has 9 nitrogen and oxygen atoms in total. The lowest BCUT2D eigenvalue weighted by Gasteiger charge is -2.08. The second-order valence-corrected chi connectivity index (χ2v) is 9.03. The molecule has 0 radical (unpaired) electrons. The highest BCUT2D eigenvalue weighted by molar-refractivity contribution is 9.10. The van der Waals surface area contributed by atoms with Crippen molar-refractivity contribution < 1.29 is 4.92 Å². The maximum atomic E-state index is 10.9. The van der Waals surface area contributed by atoms with Crippen LogP contribution >= 0.6 is 27.3 Å². The molecular weight excluding hydrogens is 518 g/mol. The summed E-state index contributed by atoms with van der Waals surface area (Å²) in [6.07, 6.45) is 0. The van der Waals surface area contributed by atoms with Gasteiger partial charge in [0.15, 0.2) is 0 Å². The Kier molecular flexibility index (Phi) is 6.11. The number of rotatable bonds is 7. The highest BCUT2D eigenvalue weighted by Gasteiger charge is 2.12. The Bertz CT molecular complexity index is 1490. The fraction of sp³-hybridized carbons (Fsp3) is 0.0435. The molecule has 0 bridgehead atoms. The SMILES string of the molecule is O=[N+]([O-])c1ccc(-c2csc(N/N=C(/Cn3nnc4ccccc43)c3ccc(Br)cc3)n2)cc1. The van der Waals surface area contributed by atoms with Crippen molar-refractivity contribution in [2.45, 2.75) is 6.54 Å². The lowest BCUT2D eigenvalue weighted by Crippen LogP contribution is -2.15. The van der Waals surface area contributed by atoms with Crippen LogP contribution in [0.25, 0.3) is 22.3 Å². The van der Waals surface area contributed by atoms with Crippen LogP contribution in [0.4, 0.5) is 10.8 Å². The summed E-state index contributed by atoms with van der Waals surface area (Å²) in [4.78, 5) is 15.0. The first-order valence-corrected chi connectivity index (χ1v) is 11.8. The van der Waals surface area contributed by atoms with Crippen molar-refractivity contribution in [2.24, 2.45) is 5.10 Å². The van der Waals surface area contributed by atoms with E-state index in [2.05, 4.69) is 41.8 Å². The van der Waals surface area contributed by atoms with Crippen LogP contribution in [0.5, 0.6) is 0 Å². The van der Waals surface area contributed by atoms with Gasteiger partial charge in [0.1, 0.15) is 5.52 Å². The smallest absolute Gasteiger partial charge is 0.258 e. The zero-order chi connectivity index (χ0) is 23.5. The molecule has 0 spiro atoms. The number of benzene rings is 3. The fourth-order valence-electron chi connectivity index (χ4n) is 3.34. The van der Waals surface area contributed by atoms with Crippen LogP contribution in [0.15, 0.2) is 87.8 Å². The summed E-state index contributed by atoms with van der Waals surface area (Å²) in [7, 11) is 0. The van der Waals surface area contributed by atoms with E-state index in [4.69, 9.17) is 0 Å². The molecular formula is C23H16BrN7O2S. The molecule has 2 heterocycles. The number of non-ortho nitro benzene ring substituents is 1. The van der Waals surface area contributed by atoms with Gasteiger partial charge in [-0.1, -0.05) is 45.4 Å². The van der Waals surface area contributed by atoms with E-state index in [1.54, 1.807) is 12.1 Å². The van der Waals surface area contributed by atoms with Gasteiger partial charge in [-0.15, -0.1) is 16.4 Å². The summed E-state index contributed by atoms with van der Waals surface area (Å²) >= 11 is 4.87. The fourth-order valence-corrected chi connectivity index (χ4v) is 4.26. The number of nitrogens with zero attached hydrogens (tertiary/aromatic N) is 6. The number of halogens is 1. The van der Waals surface area contributed by atoms with E-state index in [0.717, 1.165) is 32.3 Å². The Morgan fingerprint density at radius 3 is 2.62 bits per heavy atom. The van der Waals surface area contributed by atoms with Crippen molar-refractivity contribution in [3.05, 3.63) is 98.3 Å². The first kappa shape index (κ1) is 21.9. The molecule has 0 unspecified atom stereocenters. The van der Waals surface area contributed by atoms with Gasteiger partial charge in [0, 0.05) is 27.5 Å². The second-order valence-electron chi connectivity index (χ2n) is 7.25. The minimum absolute atomic E-state index is 0.0432. The van der Waals surface area contributed by atoms with E-state index in [0.29, 0.717) is 17.4 Å². The number of thiazole rings is 1. The number of aromatic nitrogens is 4. The molecule has 0 atom stereocenters. The van der Waals surface area contributed by atoms with Crippen molar-refractivity contribution in [3.63, 3.8) is 0 Å². The van der Waals surface area contributed by atoms with E-state index < -0.39 is 4.92 Å². The van der Waals surface area contributed by atoms with Crippen molar-refractivity contribution in [2.75, 3.05) is 5.43 Å². The van der Waals surface area contributed by atoms with Crippen LogP contribution < -0.4 is 5.43 Å². The summed E-state index contributed by atoms with van der Waals surface area (Å²) in [6.45, 7) is 0.412. The lowest BCUT2D eigenvalue weighted by molar-refractivity contribution is -0.384. The van der Waals surface area contributed by atoms with Gasteiger partial charge in [-0.25, -0.2) is 9.67 Å². The van der Waals surface area contributed by atoms with Crippen LogP contribution in [-0.2, 0) is 6.54 Å². The summed E-state index contributed by atoms with van der Waals surface area (Å²) in [6, 6.07) is 21.9. The van der Waals surface area contributed by atoms with Crippen molar-refractivity contribution in [1.29, 1.82) is 0 Å². The Morgan fingerprint density at radius 2 is 1.85 bits per heavy atom. The van der Waals surface area contributed by atoms with Gasteiger partial charge in [-0.05, 0) is 42.0 Å². The largest absolute Gasteiger partial charge is 0.269 e. The maximum Gasteiger partial charge on any atom is 0.269 e. The number of para-hydroxylation sites is 1. The third-order valence-corrected chi connectivity index (χ3v) is 6.34. The van der Waals surface area contributed by atoms with E-state index in [1.165, 1.54) is 23.5 Å². The molecule has 0 saturated carbocycles. The van der Waals surface area contributed by atoms with Crippen molar-refractivity contribution >= 4 is 54.8 Å². The molecule has 1 N–H and O–H groups in total. The molecule has 168 valence electrons. The number of anilines is 1. The molecule has 3 aromatic carbocycles. The van der Waals surface area contributed by atoms with E-state index >= 15 is 0 Å². The number of hydrogen-bond donors (Lipinski definition) is 1. The Morgan fingerprint density at radius 1 is 1.09 bits per heavy atom. The molecule has 0 amide bonds. The maximum absolute atomic E-state index is 10.9. The Hall–Kier alpha value is -3.96. The Labute approximate surface area is 206 Å². The quantitative estimate of drug-likeness (QED) is 0.162. The van der Waals surface area contributed by atoms with Crippen LogP contribution in [0.1, 0.15) is 5.56 Å². The van der Waals surface area contributed by atoms with Crippen LogP contribution in [0, 0.1) is 10.1 Å². The molecule has 0 fully saturated rings. The molecule has 5 aromatic rings. The first-order chi connectivity index (χ1) is 16.6. The Balaban J connectivity index is 1.41. The topological polar surface area (TPSA) is 111 Å². The van der Waals surface area contributed by atoms with Gasteiger partial charge in [-0.2, -0.15) is 5.10 Å². The minimum Gasteiger partial charge on any atom is -0.258 e. The predicted molar refractivity (Wildman–Crippen MR) is 136 cm³/mol. The van der Waals surface area contributed by atoms with Crippen LogP contribution in [0.2, 0.25) is 0 Å². The van der Waals surface area contributed by atoms with E-state index in [-0.39, 0.29) is 5.69 Å². The number of nitrogens with one attached hydrogen (secondary N) is 1. The minimum atomic E-state index is -0.422. The highest BCUT2D eigenvalue weighted by Crippen LogP contribution is 2.26. The third-order valence-electron chi connectivity index (χ3n) is 5.06. The molecule has 0 aliphatic rings. The monoisotopic (exact) mass is 533 g/mol. The number of hydrogen-bond acceptors (Lipinski definition) is 8. The van der Waals surface area contributed by atoms with Crippen LogP contribution in [0.3, 0.4) is 0 Å².